The molecular formula is C22H25N3O7. The maximum Gasteiger partial charge on any atom is 0.416 e. The van der Waals surface area contributed by atoms with Crippen LogP contribution < -0.4 is 4.90 Å². The van der Waals surface area contributed by atoms with Crippen molar-refractivity contribution in [3.63, 3.8) is 0 Å². The van der Waals surface area contributed by atoms with Crippen LogP contribution in [-0.4, -0.2) is 39.3 Å². The zero-order valence-electron chi connectivity index (χ0n) is 18.3. The molecule has 0 aliphatic carbocycles. The van der Waals surface area contributed by atoms with Gasteiger partial charge in [-0.05, 0) is 39.3 Å². The van der Waals surface area contributed by atoms with E-state index >= 15 is 0 Å². The molecule has 1 aromatic carbocycles. The van der Waals surface area contributed by atoms with E-state index in [9.17, 15) is 24.8 Å². The summed E-state index contributed by atoms with van der Waals surface area (Å²) in [5.74, 6) is -2.15. The quantitative estimate of drug-likeness (QED) is 0.219. The first-order valence-electron chi connectivity index (χ1n) is 9.79. The Bertz CT molecular complexity index is 1010. The summed E-state index contributed by atoms with van der Waals surface area (Å²) >= 11 is 0. The van der Waals surface area contributed by atoms with Gasteiger partial charge < -0.3 is 14.6 Å². The van der Waals surface area contributed by atoms with Gasteiger partial charge in [0.2, 0.25) is 11.6 Å². The molecule has 10 heteroatoms. The van der Waals surface area contributed by atoms with Gasteiger partial charge in [0.05, 0.1) is 23.6 Å². The number of nitro groups is 1. The average molecular weight is 443 g/mol. The fraction of sp³-hybridized carbons (Fsp3) is 0.318. The number of carbonyl (C=O) groups is 2. The van der Waals surface area contributed by atoms with Gasteiger partial charge >= 0.3 is 17.7 Å². The highest BCUT2D eigenvalue weighted by Gasteiger charge is 2.32. The van der Waals surface area contributed by atoms with Crippen molar-refractivity contribution in [2.24, 2.45) is 0 Å². The zero-order valence-corrected chi connectivity index (χ0v) is 18.3. The van der Waals surface area contributed by atoms with Gasteiger partial charge in [0.25, 0.3) is 0 Å². The van der Waals surface area contributed by atoms with E-state index in [0.29, 0.717) is 5.56 Å². The molecule has 2 rings (SSSR count). The molecule has 0 atom stereocenters. The maximum absolute atomic E-state index is 13.0. The van der Waals surface area contributed by atoms with Gasteiger partial charge in [-0.25, -0.2) is 14.6 Å². The van der Waals surface area contributed by atoms with E-state index in [1.807, 2.05) is 0 Å². The van der Waals surface area contributed by atoms with Crippen LogP contribution in [0.4, 0.5) is 16.3 Å². The van der Waals surface area contributed by atoms with Crippen molar-refractivity contribution in [1.82, 2.24) is 4.98 Å². The Balaban J connectivity index is 2.61. The minimum absolute atomic E-state index is 0.0178. The number of aromatic nitrogens is 1. The van der Waals surface area contributed by atoms with Crippen LogP contribution in [0, 0.1) is 10.1 Å². The van der Waals surface area contributed by atoms with Crippen LogP contribution >= 0.6 is 0 Å². The molecule has 0 unspecified atom stereocenters. The second kappa shape index (κ2) is 10.4. The third kappa shape index (κ3) is 6.53. The van der Waals surface area contributed by atoms with Crippen LogP contribution in [0.25, 0.3) is 6.08 Å². The number of nitrogens with zero attached hydrogens (tertiary/aromatic N) is 3. The number of amides is 1. The SMILES string of the molecule is CCOC(=O)/C(O)=C\c1ccnc(N(Cc2ccccc2)C(=O)OC(C)(C)C)c1[N+](=O)[O-]. The van der Waals surface area contributed by atoms with Crippen LogP contribution in [0.1, 0.15) is 38.8 Å². The van der Waals surface area contributed by atoms with Gasteiger partial charge in [0.1, 0.15) is 5.60 Å². The van der Waals surface area contributed by atoms with E-state index in [1.165, 1.54) is 12.3 Å². The second-order valence-corrected chi connectivity index (χ2v) is 7.63. The average Bonchev–Trinajstić information content (AvgIpc) is 2.71. The molecule has 170 valence electrons. The molecule has 0 spiro atoms. The van der Waals surface area contributed by atoms with Crippen molar-refractivity contribution in [2.45, 2.75) is 39.8 Å². The lowest BCUT2D eigenvalue weighted by atomic mass is 10.1. The Morgan fingerprint density at radius 1 is 1.22 bits per heavy atom. The molecule has 10 nitrogen and oxygen atoms in total. The molecule has 32 heavy (non-hydrogen) atoms. The fourth-order valence-corrected chi connectivity index (χ4v) is 2.68. The van der Waals surface area contributed by atoms with Crippen molar-refractivity contribution >= 4 is 29.6 Å². The minimum atomic E-state index is -1.03. The van der Waals surface area contributed by atoms with Crippen LogP contribution in [0.3, 0.4) is 0 Å². The molecule has 0 aliphatic heterocycles. The second-order valence-electron chi connectivity index (χ2n) is 7.63. The number of esters is 1. The number of pyridine rings is 1. The number of ether oxygens (including phenoxy) is 2. The van der Waals surface area contributed by atoms with Gasteiger partial charge in [-0.3, -0.25) is 15.0 Å². The van der Waals surface area contributed by atoms with Gasteiger partial charge in [0, 0.05) is 12.3 Å². The third-order valence-corrected chi connectivity index (χ3v) is 3.95. The first-order valence-corrected chi connectivity index (χ1v) is 9.79. The van der Waals surface area contributed by atoms with Gasteiger partial charge in [0.15, 0.2) is 0 Å². The number of aliphatic hydroxyl groups is 1. The first-order chi connectivity index (χ1) is 15.0. The molecule has 2 aromatic rings. The highest BCUT2D eigenvalue weighted by atomic mass is 16.6. The van der Waals surface area contributed by atoms with Crippen molar-refractivity contribution in [2.75, 3.05) is 11.5 Å². The Labute approximate surface area is 185 Å². The molecule has 0 bridgehead atoms. The summed E-state index contributed by atoms with van der Waals surface area (Å²) in [6.45, 7) is 6.53. The molecule has 1 N–H and O–H groups in total. The minimum Gasteiger partial charge on any atom is -0.502 e. The number of aliphatic hydroxyl groups excluding tert-OH is 1. The molecule has 1 aromatic heterocycles. The Kier molecular flexibility index (Phi) is 7.89. The molecule has 1 amide bonds. The number of anilines is 1. The predicted molar refractivity (Wildman–Crippen MR) is 117 cm³/mol. The predicted octanol–water partition coefficient (Wildman–Crippen LogP) is 4.39. The van der Waals surface area contributed by atoms with Crippen LogP contribution in [0.5, 0.6) is 0 Å². The summed E-state index contributed by atoms with van der Waals surface area (Å²) in [5, 5.41) is 21.9. The largest absolute Gasteiger partial charge is 0.502 e. The lowest BCUT2D eigenvalue weighted by Gasteiger charge is -2.26. The Hall–Kier alpha value is -3.95. The summed E-state index contributed by atoms with van der Waals surface area (Å²) in [6, 6.07) is 10.1. The van der Waals surface area contributed by atoms with Gasteiger partial charge in [-0.2, -0.15) is 0 Å². The normalized spacial score (nSPS) is 11.6. The van der Waals surface area contributed by atoms with Gasteiger partial charge in [-0.15, -0.1) is 0 Å². The Morgan fingerprint density at radius 3 is 2.44 bits per heavy atom. The molecule has 0 radical (unpaired) electrons. The van der Waals surface area contributed by atoms with E-state index in [2.05, 4.69) is 4.98 Å². The topological polar surface area (TPSA) is 132 Å². The maximum atomic E-state index is 13.0. The lowest BCUT2D eigenvalue weighted by Crippen LogP contribution is -2.37. The monoisotopic (exact) mass is 443 g/mol. The van der Waals surface area contributed by atoms with Crippen molar-refractivity contribution < 1.29 is 29.1 Å². The molecule has 0 fully saturated rings. The van der Waals surface area contributed by atoms with E-state index < -0.39 is 34.0 Å². The number of hydrogen-bond acceptors (Lipinski definition) is 8. The highest BCUT2D eigenvalue weighted by molar-refractivity contribution is 5.94. The molecule has 0 saturated carbocycles. The van der Waals surface area contributed by atoms with Gasteiger partial charge in [-0.1, -0.05) is 30.3 Å². The van der Waals surface area contributed by atoms with Crippen molar-refractivity contribution in [3.05, 3.63) is 69.6 Å². The van der Waals surface area contributed by atoms with Crippen LogP contribution in [0.2, 0.25) is 0 Å². The van der Waals surface area contributed by atoms with Crippen LogP contribution in [-0.2, 0) is 20.8 Å². The summed E-state index contributed by atoms with van der Waals surface area (Å²) in [6.07, 6.45) is 1.29. The fourth-order valence-electron chi connectivity index (χ4n) is 2.68. The smallest absolute Gasteiger partial charge is 0.416 e. The van der Waals surface area contributed by atoms with E-state index in [-0.39, 0.29) is 24.5 Å². The lowest BCUT2D eigenvalue weighted by molar-refractivity contribution is -0.384. The molecule has 0 aliphatic rings. The van der Waals surface area contributed by atoms with Crippen molar-refractivity contribution in [1.29, 1.82) is 0 Å². The molecule has 1 heterocycles. The Morgan fingerprint density at radius 2 is 1.88 bits per heavy atom. The van der Waals surface area contributed by atoms with E-state index in [1.54, 1.807) is 58.0 Å². The number of benzene rings is 1. The summed E-state index contributed by atoms with van der Waals surface area (Å²) in [4.78, 5) is 41.0. The first kappa shape index (κ1) is 24.3. The summed E-state index contributed by atoms with van der Waals surface area (Å²) < 4.78 is 10.1. The van der Waals surface area contributed by atoms with Crippen LogP contribution in [0.15, 0.2) is 48.4 Å². The van der Waals surface area contributed by atoms with E-state index in [0.717, 1.165) is 11.0 Å². The zero-order chi connectivity index (χ0) is 23.9. The molecule has 0 saturated heterocycles. The number of rotatable bonds is 7. The summed E-state index contributed by atoms with van der Waals surface area (Å²) in [5.41, 5.74) is -0.886. The highest BCUT2D eigenvalue weighted by Crippen LogP contribution is 2.33. The van der Waals surface area contributed by atoms with Crippen molar-refractivity contribution in [3.8, 4) is 0 Å². The summed E-state index contributed by atoms with van der Waals surface area (Å²) in [7, 11) is 0. The number of carbonyl (C=O) groups excluding carboxylic acids is 2. The standard InChI is InChI=1S/C22H25N3O7/c1-5-31-20(27)17(26)13-16-11-12-23-19(18(16)25(29)30)24(21(28)32-22(2,3)4)14-15-9-7-6-8-10-15/h6-13,26H,5,14H2,1-4H3/b17-13+. The number of hydrogen-bond donors (Lipinski definition) is 1. The molecular weight excluding hydrogens is 418 g/mol. The van der Waals surface area contributed by atoms with E-state index in [4.69, 9.17) is 9.47 Å². The third-order valence-electron chi connectivity index (χ3n) is 3.95.